The summed E-state index contributed by atoms with van der Waals surface area (Å²) in [5.74, 6) is -0.490. The van der Waals surface area contributed by atoms with Crippen LogP contribution in [0.1, 0.15) is 121 Å². The minimum Gasteiger partial charge on any atom is -0.351 e. The van der Waals surface area contributed by atoms with E-state index < -0.39 is 18.1 Å². The first kappa shape index (κ1) is 45.6. The number of likely N-dealkylation sites (tertiary alicyclic amines) is 1. The summed E-state index contributed by atoms with van der Waals surface area (Å²) >= 11 is 0. The highest BCUT2D eigenvalue weighted by atomic mass is 16.2. The molecule has 1 saturated heterocycles. The molecule has 0 spiro atoms. The lowest BCUT2D eigenvalue weighted by Gasteiger charge is -2.36. The largest absolute Gasteiger partial charge is 0.351 e. The molecule has 5 unspecified atom stereocenters. The van der Waals surface area contributed by atoms with E-state index in [1.807, 2.05) is 58.1 Å². The van der Waals surface area contributed by atoms with Crippen LogP contribution in [0.25, 0.3) is 0 Å². The summed E-state index contributed by atoms with van der Waals surface area (Å²) in [7, 11) is 1.78. The zero-order chi connectivity index (χ0) is 37.2. The zero-order valence-corrected chi connectivity index (χ0v) is 32.8. The second-order valence-electron chi connectivity index (χ2n) is 12.7. The van der Waals surface area contributed by atoms with E-state index in [1.54, 1.807) is 18.9 Å². The Morgan fingerprint density at radius 3 is 2.22 bits per heavy atom. The summed E-state index contributed by atoms with van der Waals surface area (Å²) < 4.78 is 0. The summed E-state index contributed by atoms with van der Waals surface area (Å²) in [4.78, 5) is 42.4. The maximum Gasteiger partial charge on any atom is 0.246 e. The van der Waals surface area contributed by atoms with Crippen LogP contribution in [-0.2, 0) is 14.4 Å². The van der Waals surface area contributed by atoms with Crippen molar-refractivity contribution in [2.75, 3.05) is 13.6 Å². The van der Waals surface area contributed by atoms with Crippen LogP contribution < -0.4 is 16.0 Å². The third-order valence-corrected chi connectivity index (χ3v) is 8.66. The molecule has 3 amide bonds. The minimum absolute atomic E-state index is 0.0243. The van der Waals surface area contributed by atoms with Crippen LogP contribution >= 0.6 is 0 Å². The van der Waals surface area contributed by atoms with Gasteiger partial charge in [-0.15, -0.1) is 0 Å². The first-order chi connectivity index (χ1) is 23.5. The smallest absolute Gasteiger partial charge is 0.246 e. The van der Waals surface area contributed by atoms with Crippen molar-refractivity contribution in [3.8, 4) is 0 Å². The van der Waals surface area contributed by atoms with Gasteiger partial charge in [-0.2, -0.15) is 0 Å². The van der Waals surface area contributed by atoms with Crippen molar-refractivity contribution in [3.63, 3.8) is 0 Å². The van der Waals surface area contributed by atoms with Gasteiger partial charge in [0, 0.05) is 12.6 Å². The van der Waals surface area contributed by atoms with Crippen molar-refractivity contribution in [2.24, 2.45) is 5.92 Å². The Bertz CT molecular complexity index is 1190. The minimum atomic E-state index is -0.653. The number of nitrogens with zero attached hydrogens (tertiary/aromatic N) is 1. The van der Waals surface area contributed by atoms with E-state index in [0.717, 1.165) is 56.1 Å². The lowest BCUT2D eigenvalue weighted by Crippen LogP contribution is -2.59. The Kier molecular flexibility index (Phi) is 25.5. The summed E-state index contributed by atoms with van der Waals surface area (Å²) in [5, 5.41) is 9.23. The number of nitrogens with one attached hydrogen (secondary N) is 3. The van der Waals surface area contributed by atoms with Gasteiger partial charge in [-0.1, -0.05) is 125 Å². The van der Waals surface area contributed by atoms with E-state index in [9.17, 15) is 14.4 Å². The highest BCUT2D eigenvalue weighted by Crippen LogP contribution is 2.29. The zero-order valence-electron chi connectivity index (χ0n) is 32.8. The Labute approximate surface area is 300 Å². The molecule has 7 heteroatoms. The first-order valence-corrected chi connectivity index (χ1v) is 18.7. The Balaban J connectivity index is 0.00000201. The number of carbonyl (C=O) groups is 3. The molecular weight excluding hydrogens is 608 g/mol. The average Bonchev–Trinajstić information content (AvgIpc) is 3.24. The summed E-state index contributed by atoms with van der Waals surface area (Å²) in [6, 6.07) is -1.77. The standard InChI is InChI=1S/C32H50N4O3.C8H14.C2H6/c1-7-10-11-13-16-23(4)22-34-30(37)24(5)36-27(9-3)20-19-26(8-2)29(32(36)39)35-31(38)28(33-6)21-25-17-14-12-15-18-25;1-4-5-6-7-8(2)3;1-2/h7,10-11,13-14,16-18,24,26-29,33H,8-9,12,15,19-22H2,1-6H3,(H,34,37)(H,35,38);5-7H,4H2,1-3H3;1-2H3/b10-7-,13-11-,23-16+;6-5-;. The van der Waals surface area contributed by atoms with Crippen molar-refractivity contribution in [1.29, 1.82) is 0 Å². The molecule has 1 fully saturated rings. The first-order valence-electron chi connectivity index (χ1n) is 18.7. The van der Waals surface area contributed by atoms with Crippen molar-refractivity contribution in [1.82, 2.24) is 20.9 Å². The van der Waals surface area contributed by atoms with Gasteiger partial charge in [-0.25, -0.2) is 0 Å². The molecule has 1 aliphatic heterocycles. The number of allylic oxidation sites excluding steroid dienone is 12. The maximum absolute atomic E-state index is 14.1. The molecule has 2 rings (SSSR count). The van der Waals surface area contributed by atoms with E-state index in [1.165, 1.54) is 5.57 Å². The van der Waals surface area contributed by atoms with Gasteiger partial charge in [-0.3, -0.25) is 14.4 Å². The van der Waals surface area contributed by atoms with Crippen molar-refractivity contribution in [2.45, 2.75) is 145 Å². The van der Waals surface area contributed by atoms with Crippen molar-refractivity contribution in [3.05, 3.63) is 83.6 Å². The fourth-order valence-corrected chi connectivity index (χ4v) is 5.77. The van der Waals surface area contributed by atoms with Crippen LogP contribution in [0.15, 0.2) is 83.6 Å². The molecule has 0 aromatic rings. The van der Waals surface area contributed by atoms with E-state index in [-0.39, 0.29) is 29.7 Å². The van der Waals surface area contributed by atoms with Crippen LogP contribution in [-0.4, -0.2) is 60.4 Å². The van der Waals surface area contributed by atoms with Crippen molar-refractivity contribution >= 4 is 17.7 Å². The molecule has 1 heterocycles. The Morgan fingerprint density at radius 2 is 1.67 bits per heavy atom. The third-order valence-electron chi connectivity index (χ3n) is 8.66. The van der Waals surface area contributed by atoms with Gasteiger partial charge < -0.3 is 20.9 Å². The molecule has 7 nitrogen and oxygen atoms in total. The summed E-state index contributed by atoms with van der Waals surface area (Å²) in [6.45, 7) is 20.6. The molecule has 0 aromatic heterocycles. The number of carbonyl (C=O) groups excluding carboxylic acids is 3. The van der Waals surface area contributed by atoms with Crippen molar-refractivity contribution < 1.29 is 14.4 Å². The van der Waals surface area contributed by atoms with Gasteiger partial charge >= 0.3 is 0 Å². The predicted molar refractivity (Wildman–Crippen MR) is 210 cm³/mol. The fraction of sp³-hybridized carbons (Fsp3) is 0.595. The number of likely N-dealkylation sites (N-methyl/N-ethyl adjacent to an activating group) is 1. The molecule has 0 radical (unpaired) electrons. The van der Waals surface area contributed by atoms with Gasteiger partial charge in [0.1, 0.15) is 12.1 Å². The lowest BCUT2D eigenvalue weighted by atomic mass is 9.91. The van der Waals surface area contributed by atoms with E-state index in [0.29, 0.717) is 13.0 Å². The van der Waals surface area contributed by atoms with Crippen LogP contribution in [0.5, 0.6) is 0 Å². The Hall–Kier alpha value is -3.45. The third kappa shape index (κ3) is 17.7. The fourth-order valence-electron chi connectivity index (χ4n) is 5.77. The van der Waals surface area contributed by atoms with Crippen LogP contribution in [0.4, 0.5) is 0 Å². The molecule has 5 atom stereocenters. The van der Waals surface area contributed by atoms with Crippen LogP contribution in [0.2, 0.25) is 0 Å². The maximum atomic E-state index is 14.1. The number of rotatable bonds is 15. The van der Waals surface area contributed by atoms with Crippen LogP contribution in [0, 0.1) is 5.92 Å². The number of hydrogen-bond acceptors (Lipinski definition) is 4. The monoisotopic (exact) mass is 679 g/mol. The molecule has 49 heavy (non-hydrogen) atoms. The number of hydrogen-bond donors (Lipinski definition) is 3. The van der Waals surface area contributed by atoms with E-state index >= 15 is 0 Å². The SMILES string of the molecule is CC.CC/C=C\C=C(C)C.C\C=C/C=C\C=C(/C)CNC(=O)C(C)N1C(=O)C(NC(=O)C(CC2=CCCC=C2)NC)C(CC)CCC1CC. The molecule has 0 aromatic carbocycles. The molecule has 2 aliphatic rings. The topological polar surface area (TPSA) is 90.5 Å². The predicted octanol–water partition coefficient (Wildman–Crippen LogP) is 8.68. The molecular formula is C42H70N4O3. The lowest BCUT2D eigenvalue weighted by molar-refractivity contribution is -0.145. The number of amides is 3. The Morgan fingerprint density at radius 1 is 0.959 bits per heavy atom. The van der Waals surface area contributed by atoms with Crippen LogP contribution in [0.3, 0.4) is 0 Å². The van der Waals surface area contributed by atoms with Gasteiger partial charge in [0.25, 0.3) is 0 Å². The van der Waals surface area contributed by atoms with Gasteiger partial charge in [-0.05, 0) is 92.5 Å². The second-order valence-corrected chi connectivity index (χ2v) is 12.7. The molecule has 0 bridgehead atoms. The summed E-state index contributed by atoms with van der Waals surface area (Å²) in [5.41, 5.74) is 3.51. The van der Waals surface area contributed by atoms with E-state index in [2.05, 4.69) is 87.0 Å². The normalized spacial score (nSPS) is 20.8. The molecule has 3 N–H and O–H groups in total. The van der Waals surface area contributed by atoms with E-state index in [4.69, 9.17) is 0 Å². The van der Waals surface area contributed by atoms with Gasteiger partial charge in [0.15, 0.2) is 0 Å². The second kappa shape index (κ2) is 27.4. The molecule has 1 aliphatic carbocycles. The molecule has 276 valence electrons. The van der Waals surface area contributed by atoms with Gasteiger partial charge in [0.2, 0.25) is 17.7 Å². The molecule has 0 saturated carbocycles. The van der Waals surface area contributed by atoms with Gasteiger partial charge in [0.05, 0.1) is 6.04 Å². The highest BCUT2D eigenvalue weighted by Gasteiger charge is 2.42. The quantitative estimate of drug-likeness (QED) is 0.151. The average molecular weight is 679 g/mol. The summed E-state index contributed by atoms with van der Waals surface area (Å²) in [6.07, 6.45) is 29.4. The highest BCUT2D eigenvalue weighted by molar-refractivity contribution is 5.93.